The van der Waals surface area contributed by atoms with Crippen LogP contribution < -0.4 is 5.73 Å². The molecule has 0 saturated heterocycles. The number of hydrogen-bond acceptors (Lipinski definition) is 1. The average molecular weight is 220 g/mol. The Morgan fingerprint density at radius 2 is 2.14 bits per heavy atom. The van der Waals surface area contributed by atoms with E-state index in [1.54, 1.807) is 12.1 Å². The molecule has 0 fully saturated rings. The zero-order valence-electron chi connectivity index (χ0n) is 7.54. The van der Waals surface area contributed by atoms with Gasteiger partial charge in [-0.05, 0) is 30.2 Å². The van der Waals surface area contributed by atoms with Crippen LogP contribution in [0, 0.1) is 5.82 Å². The Balaban J connectivity index is 0.00000169. The molecule has 0 aliphatic carbocycles. The first kappa shape index (κ1) is 13.1. The lowest BCUT2D eigenvalue weighted by Crippen LogP contribution is -1.99. The van der Waals surface area contributed by atoms with Crippen LogP contribution >= 0.6 is 12.4 Å². The summed E-state index contributed by atoms with van der Waals surface area (Å²) < 4.78 is 25.2. The van der Waals surface area contributed by atoms with Crippen LogP contribution in [-0.2, 0) is 6.42 Å². The molecule has 0 atom stereocenters. The molecule has 0 bridgehead atoms. The van der Waals surface area contributed by atoms with Gasteiger partial charge in [0.25, 0.3) is 0 Å². The lowest BCUT2D eigenvalue weighted by atomic mass is 10.1. The van der Waals surface area contributed by atoms with E-state index in [1.165, 1.54) is 18.2 Å². The summed E-state index contributed by atoms with van der Waals surface area (Å²) in [4.78, 5) is 0. The minimum Gasteiger partial charge on any atom is -0.325 e. The topological polar surface area (TPSA) is 26.0 Å². The second kappa shape index (κ2) is 6.51. The van der Waals surface area contributed by atoms with Gasteiger partial charge in [-0.2, -0.15) is 0 Å². The van der Waals surface area contributed by atoms with Crippen LogP contribution in [-0.4, -0.2) is 6.54 Å². The van der Waals surface area contributed by atoms with Crippen LogP contribution in [0.15, 0.2) is 36.2 Å². The summed E-state index contributed by atoms with van der Waals surface area (Å²) in [7, 11) is 0. The number of nitrogens with two attached hydrogens (primary N) is 1. The molecule has 1 aromatic rings. The Morgan fingerprint density at radius 1 is 1.43 bits per heavy atom. The summed E-state index contributed by atoms with van der Waals surface area (Å²) in [5.74, 6) is -0.677. The van der Waals surface area contributed by atoms with E-state index in [9.17, 15) is 8.78 Å². The predicted octanol–water partition coefficient (Wildman–Crippen LogP) is 2.60. The SMILES string of the molecule is Cl.NCC(F)=CCc1cccc(F)c1. The maximum Gasteiger partial charge on any atom is 0.123 e. The first-order valence-electron chi connectivity index (χ1n) is 4.01. The summed E-state index contributed by atoms with van der Waals surface area (Å²) in [5.41, 5.74) is 5.79. The van der Waals surface area contributed by atoms with Crippen molar-refractivity contribution in [2.45, 2.75) is 6.42 Å². The zero-order chi connectivity index (χ0) is 9.68. The molecule has 0 unspecified atom stereocenters. The molecule has 1 rings (SSSR count). The van der Waals surface area contributed by atoms with Crippen LogP contribution in [0.3, 0.4) is 0 Å². The Morgan fingerprint density at radius 3 is 2.71 bits per heavy atom. The summed E-state index contributed by atoms with van der Waals surface area (Å²) in [6.45, 7) is -0.102. The van der Waals surface area contributed by atoms with E-state index < -0.39 is 0 Å². The van der Waals surface area contributed by atoms with E-state index >= 15 is 0 Å². The van der Waals surface area contributed by atoms with Crippen molar-refractivity contribution in [3.63, 3.8) is 0 Å². The molecule has 0 spiro atoms. The summed E-state index contributed by atoms with van der Waals surface area (Å²) >= 11 is 0. The van der Waals surface area contributed by atoms with Crippen LogP contribution in [0.2, 0.25) is 0 Å². The molecule has 0 aliphatic heterocycles. The highest BCUT2D eigenvalue weighted by Gasteiger charge is 1.94. The van der Waals surface area contributed by atoms with E-state index in [0.29, 0.717) is 6.42 Å². The third kappa shape index (κ3) is 4.35. The molecule has 0 heterocycles. The van der Waals surface area contributed by atoms with Gasteiger partial charge in [-0.25, -0.2) is 8.78 Å². The van der Waals surface area contributed by atoms with Crippen molar-refractivity contribution in [1.29, 1.82) is 0 Å². The average Bonchev–Trinajstić information content (AvgIpc) is 2.14. The van der Waals surface area contributed by atoms with E-state index in [4.69, 9.17) is 5.73 Å². The van der Waals surface area contributed by atoms with E-state index in [1.807, 2.05) is 0 Å². The fourth-order valence-corrected chi connectivity index (χ4v) is 0.976. The van der Waals surface area contributed by atoms with Gasteiger partial charge in [0.05, 0.1) is 0 Å². The van der Waals surface area contributed by atoms with Crippen LogP contribution in [0.4, 0.5) is 8.78 Å². The van der Waals surface area contributed by atoms with Gasteiger partial charge in [0.1, 0.15) is 11.6 Å². The molecule has 0 amide bonds. The number of benzene rings is 1. The van der Waals surface area contributed by atoms with E-state index in [2.05, 4.69) is 0 Å². The van der Waals surface area contributed by atoms with Gasteiger partial charge in [-0.3, -0.25) is 0 Å². The Kier molecular flexibility index (Phi) is 6.08. The summed E-state index contributed by atoms with van der Waals surface area (Å²) in [6, 6.07) is 6.06. The molecule has 1 nitrogen and oxygen atoms in total. The van der Waals surface area contributed by atoms with Gasteiger partial charge in [0.15, 0.2) is 0 Å². The highest BCUT2D eigenvalue weighted by molar-refractivity contribution is 5.85. The van der Waals surface area contributed by atoms with Crippen molar-refractivity contribution in [3.05, 3.63) is 47.5 Å². The van der Waals surface area contributed by atoms with Gasteiger partial charge in [0, 0.05) is 6.54 Å². The van der Waals surface area contributed by atoms with Gasteiger partial charge < -0.3 is 5.73 Å². The fraction of sp³-hybridized carbons (Fsp3) is 0.200. The van der Waals surface area contributed by atoms with Crippen molar-refractivity contribution >= 4 is 12.4 Å². The Hall–Kier alpha value is -0.930. The molecule has 2 N–H and O–H groups in total. The Bertz CT molecular complexity index is 313. The predicted molar refractivity (Wildman–Crippen MR) is 55.6 cm³/mol. The first-order chi connectivity index (χ1) is 6.22. The van der Waals surface area contributed by atoms with Crippen molar-refractivity contribution in [1.82, 2.24) is 0 Å². The van der Waals surface area contributed by atoms with Gasteiger partial charge in [0.2, 0.25) is 0 Å². The number of halogens is 3. The standard InChI is InChI=1S/C10H11F2N.ClH/c11-9-3-1-2-8(6-9)4-5-10(12)7-13;/h1-3,5-6H,4,7,13H2;1H. The second-order valence-electron chi connectivity index (χ2n) is 2.69. The molecule has 0 aromatic heterocycles. The molecule has 0 aliphatic rings. The van der Waals surface area contributed by atoms with Crippen molar-refractivity contribution in [2.75, 3.05) is 6.54 Å². The van der Waals surface area contributed by atoms with Gasteiger partial charge >= 0.3 is 0 Å². The minimum absolute atomic E-state index is 0. The van der Waals surface area contributed by atoms with Crippen LogP contribution in [0.25, 0.3) is 0 Å². The molecular formula is C10H12ClF2N. The maximum atomic E-state index is 12.6. The normalized spacial score (nSPS) is 10.9. The van der Waals surface area contributed by atoms with Crippen molar-refractivity contribution in [2.24, 2.45) is 5.73 Å². The summed E-state index contributed by atoms with van der Waals surface area (Å²) in [6.07, 6.45) is 1.73. The number of allylic oxidation sites excluding steroid dienone is 1. The fourth-order valence-electron chi connectivity index (χ4n) is 0.976. The lowest BCUT2D eigenvalue weighted by molar-refractivity contribution is 0.612. The molecule has 14 heavy (non-hydrogen) atoms. The van der Waals surface area contributed by atoms with Crippen LogP contribution in [0.1, 0.15) is 5.56 Å². The third-order valence-electron chi connectivity index (χ3n) is 1.64. The van der Waals surface area contributed by atoms with E-state index in [-0.39, 0.29) is 30.6 Å². The smallest absolute Gasteiger partial charge is 0.123 e. The highest BCUT2D eigenvalue weighted by Crippen LogP contribution is 2.06. The first-order valence-corrected chi connectivity index (χ1v) is 4.01. The minimum atomic E-state index is -0.371. The monoisotopic (exact) mass is 219 g/mol. The zero-order valence-corrected chi connectivity index (χ0v) is 8.36. The molecule has 1 aromatic carbocycles. The van der Waals surface area contributed by atoms with Gasteiger partial charge in [-0.15, -0.1) is 12.4 Å². The van der Waals surface area contributed by atoms with E-state index in [0.717, 1.165) is 5.56 Å². The summed E-state index contributed by atoms with van der Waals surface area (Å²) in [5, 5.41) is 0. The Labute approximate surface area is 88.0 Å². The molecular weight excluding hydrogens is 208 g/mol. The molecule has 0 radical (unpaired) electrons. The van der Waals surface area contributed by atoms with Gasteiger partial charge in [-0.1, -0.05) is 12.1 Å². The number of hydrogen-bond donors (Lipinski definition) is 1. The lowest BCUT2D eigenvalue weighted by Gasteiger charge is -1.96. The molecule has 4 heteroatoms. The second-order valence-corrected chi connectivity index (χ2v) is 2.69. The van der Waals surface area contributed by atoms with Crippen molar-refractivity contribution in [3.8, 4) is 0 Å². The molecule has 78 valence electrons. The quantitative estimate of drug-likeness (QED) is 0.831. The van der Waals surface area contributed by atoms with Crippen molar-refractivity contribution < 1.29 is 8.78 Å². The molecule has 0 saturated carbocycles. The largest absolute Gasteiger partial charge is 0.325 e. The third-order valence-corrected chi connectivity index (χ3v) is 1.64. The number of rotatable bonds is 3. The maximum absolute atomic E-state index is 12.6. The van der Waals surface area contributed by atoms with Crippen LogP contribution in [0.5, 0.6) is 0 Å². The highest BCUT2D eigenvalue weighted by atomic mass is 35.5.